The van der Waals surface area contributed by atoms with Crippen LogP contribution in [0.25, 0.3) is 0 Å². The Morgan fingerprint density at radius 3 is 2.60 bits per heavy atom. The maximum atomic E-state index is 12.5. The molecular formula is C20H21N3O2. The summed E-state index contributed by atoms with van der Waals surface area (Å²) in [6, 6.07) is 17.8. The van der Waals surface area contributed by atoms with Crippen LogP contribution >= 0.6 is 0 Å². The standard InChI is InChI=1S/C20H21N3O2/c24-19(13-21-20(25)15-6-2-1-3-7-15)22-10-11-23-17(14-22)12-16-8-4-5-9-18(16)23/h1-9,17H,10-14H2,(H,21,25). The number of carbonyl (C=O) groups is 2. The number of piperazine rings is 1. The van der Waals surface area contributed by atoms with E-state index in [1.54, 1.807) is 12.1 Å². The van der Waals surface area contributed by atoms with Crippen molar-refractivity contribution >= 4 is 17.5 Å². The van der Waals surface area contributed by atoms with Crippen molar-refractivity contribution in [2.24, 2.45) is 0 Å². The van der Waals surface area contributed by atoms with E-state index < -0.39 is 0 Å². The molecule has 0 bridgehead atoms. The number of nitrogens with zero attached hydrogens (tertiary/aromatic N) is 2. The van der Waals surface area contributed by atoms with Crippen molar-refractivity contribution in [1.82, 2.24) is 10.2 Å². The Kier molecular flexibility index (Phi) is 4.14. The predicted molar refractivity (Wildman–Crippen MR) is 96.6 cm³/mol. The van der Waals surface area contributed by atoms with Crippen molar-refractivity contribution in [1.29, 1.82) is 0 Å². The zero-order valence-corrected chi connectivity index (χ0v) is 14.0. The third kappa shape index (κ3) is 3.09. The first-order valence-corrected chi connectivity index (χ1v) is 8.68. The number of anilines is 1. The molecule has 2 heterocycles. The molecule has 2 aliphatic heterocycles. The summed E-state index contributed by atoms with van der Waals surface area (Å²) >= 11 is 0. The van der Waals surface area contributed by atoms with Crippen LogP contribution in [0.4, 0.5) is 5.69 Å². The first-order valence-electron chi connectivity index (χ1n) is 8.68. The highest BCUT2D eigenvalue weighted by Crippen LogP contribution is 2.33. The number of amides is 2. The Balaban J connectivity index is 1.33. The molecule has 1 unspecified atom stereocenters. The van der Waals surface area contributed by atoms with Gasteiger partial charge in [-0.1, -0.05) is 36.4 Å². The lowest BCUT2D eigenvalue weighted by atomic mass is 10.1. The second-order valence-corrected chi connectivity index (χ2v) is 6.57. The zero-order valence-electron chi connectivity index (χ0n) is 14.0. The van der Waals surface area contributed by atoms with Gasteiger partial charge in [0.25, 0.3) is 5.91 Å². The number of carbonyl (C=O) groups excluding carboxylic acids is 2. The number of nitrogens with one attached hydrogen (secondary N) is 1. The molecule has 2 aromatic rings. The molecule has 1 N–H and O–H groups in total. The lowest BCUT2D eigenvalue weighted by molar-refractivity contribution is -0.130. The molecule has 4 rings (SSSR count). The first kappa shape index (κ1) is 15.7. The summed E-state index contributed by atoms with van der Waals surface area (Å²) in [6.45, 7) is 2.31. The Hall–Kier alpha value is -2.82. The topological polar surface area (TPSA) is 52.7 Å². The van der Waals surface area contributed by atoms with Gasteiger partial charge in [-0.2, -0.15) is 0 Å². The fourth-order valence-corrected chi connectivity index (χ4v) is 3.75. The fraction of sp³-hybridized carbons (Fsp3) is 0.300. The van der Waals surface area contributed by atoms with Gasteiger partial charge in [0.2, 0.25) is 5.91 Å². The lowest BCUT2D eigenvalue weighted by Gasteiger charge is -2.39. The van der Waals surface area contributed by atoms with Gasteiger partial charge in [-0.3, -0.25) is 9.59 Å². The molecule has 2 aromatic carbocycles. The maximum Gasteiger partial charge on any atom is 0.251 e. The van der Waals surface area contributed by atoms with Crippen LogP contribution in [0.15, 0.2) is 54.6 Å². The van der Waals surface area contributed by atoms with Gasteiger partial charge in [-0.15, -0.1) is 0 Å². The van der Waals surface area contributed by atoms with Crippen LogP contribution in [0, 0.1) is 0 Å². The van der Waals surface area contributed by atoms with Crippen molar-refractivity contribution in [3.8, 4) is 0 Å². The fourth-order valence-electron chi connectivity index (χ4n) is 3.75. The average Bonchev–Trinajstić information content (AvgIpc) is 3.04. The number of fused-ring (bicyclic) bond motifs is 3. The van der Waals surface area contributed by atoms with Gasteiger partial charge in [0.1, 0.15) is 0 Å². The van der Waals surface area contributed by atoms with Crippen molar-refractivity contribution in [3.63, 3.8) is 0 Å². The summed E-state index contributed by atoms with van der Waals surface area (Å²) in [5.74, 6) is -0.222. The number of hydrogen-bond donors (Lipinski definition) is 1. The second kappa shape index (κ2) is 6.59. The molecule has 0 aliphatic carbocycles. The molecule has 2 amide bonds. The molecule has 5 nitrogen and oxygen atoms in total. The molecular weight excluding hydrogens is 314 g/mol. The van der Waals surface area contributed by atoms with Crippen LogP contribution in [0.3, 0.4) is 0 Å². The summed E-state index contributed by atoms with van der Waals surface area (Å²) in [6.07, 6.45) is 0.982. The van der Waals surface area contributed by atoms with Gasteiger partial charge in [0.05, 0.1) is 12.6 Å². The van der Waals surface area contributed by atoms with E-state index in [0.29, 0.717) is 24.7 Å². The number of rotatable bonds is 3. The molecule has 0 saturated carbocycles. The highest BCUT2D eigenvalue weighted by molar-refractivity contribution is 5.96. The Bertz CT molecular complexity index is 791. The van der Waals surface area contributed by atoms with Gasteiger partial charge in [-0.25, -0.2) is 0 Å². The van der Waals surface area contributed by atoms with Crippen LogP contribution < -0.4 is 10.2 Å². The molecule has 128 valence electrons. The number of benzene rings is 2. The van der Waals surface area contributed by atoms with E-state index in [9.17, 15) is 9.59 Å². The number of hydrogen-bond acceptors (Lipinski definition) is 3. The minimum atomic E-state index is -0.208. The summed E-state index contributed by atoms with van der Waals surface area (Å²) in [7, 11) is 0. The van der Waals surface area contributed by atoms with Crippen molar-refractivity contribution in [3.05, 3.63) is 65.7 Å². The molecule has 0 radical (unpaired) electrons. The second-order valence-electron chi connectivity index (χ2n) is 6.57. The zero-order chi connectivity index (χ0) is 17.2. The minimum absolute atomic E-state index is 0.0140. The van der Waals surface area contributed by atoms with Gasteiger partial charge in [0, 0.05) is 30.9 Å². The van der Waals surface area contributed by atoms with E-state index in [1.165, 1.54) is 11.3 Å². The van der Waals surface area contributed by atoms with E-state index in [1.807, 2.05) is 23.1 Å². The van der Waals surface area contributed by atoms with E-state index >= 15 is 0 Å². The summed E-state index contributed by atoms with van der Waals surface area (Å²) in [5.41, 5.74) is 3.24. The molecule has 5 heteroatoms. The molecule has 25 heavy (non-hydrogen) atoms. The SMILES string of the molecule is O=C(NCC(=O)N1CCN2c3ccccc3CC2C1)c1ccccc1. The Morgan fingerprint density at radius 1 is 1.00 bits per heavy atom. The van der Waals surface area contributed by atoms with Crippen molar-refractivity contribution in [2.75, 3.05) is 31.1 Å². The van der Waals surface area contributed by atoms with Gasteiger partial charge in [0.15, 0.2) is 0 Å². The van der Waals surface area contributed by atoms with E-state index in [0.717, 1.165) is 13.0 Å². The molecule has 1 saturated heterocycles. The van der Waals surface area contributed by atoms with E-state index in [2.05, 4.69) is 34.5 Å². The van der Waals surface area contributed by atoms with Crippen molar-refractivity contribution < 1.29 is 9.59 Å². The predicted octanol–water partition coefficient (Wildman–Crippen LogP) is 1.69. The Labute approximate surface area is 147 Å². The summed E-state index contributed by atoms with van der Waals surface area (Å²) < 4.78 is 0. The number of para-hydroxylation sites is 1. The van der Waals surface area contributed by atoms with Crippen LogP contribution in [0.2, 0.25) is 0 Å². The van der Waals surface area contributed by atoms with Crippen molar-refractivity contribution in [2.45, 2.75) is 12.5 Å². The largest absolute Gasteiger partial charge is 0.364 e. The third-order valence-electron chi connectivity index (χ3n) is 5.03. The van der Waals surface area contributed by atoms with E-state index in [-0.39, 0.29) is 18.4 Å². The van der Waals surface area contributed by atoms with Crippen LogP contribution in [-0.4, -0.2) is 48.9 Å². The minimum Gasteiger partial charge on any atom is -0.364 e. The first-order chi connectivity index (χ1) is 12.2. The highest BCUT2D eigenvalue weighted by atomic mass is 16.2. The van der Waals surface area contributed by atoms with Crippen LogP contribution in [0.1, 0.15) is 15.9 Å². The quantitative estimate of drug-likeness (QED) is 0.929. The molecule has 1 atom stereocenters. The van der Waals surface area contributed by atoms with Gasteiger partial charge >= 0.3 is 0 Å². The highest BCUT2D eigenvalue weighted by Gasteiger charge is 2.35. The maximum absolute atomic E-state index is 12.5. The lowest BCUT2D eigenvalue weighted by Crippen LogP contribution is -2.55. The monoisotopic (exact) mass is 335 g/mol. The average molecular weight is 335 g/mol. The van der Waals surface area contributed by atoms with Gasteiger partial charge in [-0.05, 0) is 30.2 Å². The van der Waals surface area contributed by atoms with Gasteiger partial charge < -0.3 is 15.1 Å². The molecule has 0 aromatic heterocycles. The van der Waals surface area contributed by atoms with Crippen LogP contribution in [0.5, 0.6) is 0 Å². The molecule has 2 aliphatic rings. The van der Waals surface area contributed by atoms with Crippen LogP contribution in [-0.2, 0) is 11.2 Å². The Morgan fingerprint density at radius 2 is 1.76 bits per heavy atom. The smallest absolute Gasteiger partial charge is 0.251 e. The summed E-state index contributed by atoms with van der Waals surface area (Å²) in [5, 5.41) is 2.73. The molecule has 1 fully saturated rings. The summed E-state index contributed by atoms with van der Waals surface area (Å²) in [4.78, 5) is 28.8. The molecule has 0 spiro atoms. The van der Waals surface area contributed by atoms with E-state index in [4.69, 9.17) is 0 Å². The normalized spacial score (nSPS) is 18.5. The third-order valence-corrected chi connectivity index (χ3v) is 5.03.